The Hall–Kier alpha value is -2.30. The first kappa shape index (κ1) is 20.4. The zero-order chi connectivity index (χ0) is 20.3. The minimum absolute atomic E-state index is 0.127. The molecule has 0 fully saturated rings. The van der Waals surface area contributed by atoms with E-state index in [2.05, 4.69) is 10.2 Å². The molecule has 150 valence electrons. The van der Waals surface area contributed by atoms with Crippen LogP contribution in [-0.2, 0) is 27.6 Å². The van der Waals surface area contributed by atoms with E-state index in [1.165, 1.54) is 11.3 Å². The van der Waals surface area contributed by atoms with E-state index in [0.29, 0.717) is 4.88 Å². The Kier molecular flexibility index (Phi) is 6.11. The van der Waals surface area contributed by atoms with Crippen LogP contribution in [0.1, 0.15) is 49.7 Å². The smallest absolute Gasteiger partial charge is 0.337 e. The third-order valence-corrected chi connectivity index (χ3v) is 6.91. The van der Waals surface area contributed by atoms with Crippen LogP contribution in [0.25, 0.3) is 0 Å². The molecule has 1 aliphatic rings. The second-order valence-electron chi connectivity index (χ2n) is 6.32. The summed E-state index contributed by atoms with van der Waals surface area (Å²) in [6, 6.07) is 4.58. The van der Waals surface area contributed by atoms with E-state index in [9.17, 15) is 22.4 Å². The fourth-order valence-electron chi connectivity index (χ4n) is 2.96. The number of hydrogen-bond donors (Lipinski definition) is 2. The number of ether oxygens (including phenoxy) is 1. The van der Waals surface area contributed by atoms with Gasteiger partial charge in [-0.15, -0.1) is 16.2 Å². The van der Waals surface area contributed by atoms with Crippen molar-refractivity contribution in [3.63, 3.8) is 0 Å². The van der Waals surface area contributed by atoms with Crippen molar-refractivity contribution >= 4 is 33.2 Å². The molecule has 28 heavy (non-hydrogen) atoms. The number of fused-ring (bicyclic) bond motifs is 1. The Labute approximate surface area is 165 Å². The molecule has 1 heterocycles. The maximum atomic E-state index is 14.0. The van der Waals surface area contributed by atoms with Crippen LogP contribution in [0.3, 0.4) is 0 Å². The number of halogens is 1. The van der Waals surface area contributed by atoms with Crippen LogP contribution in [-0.4, -0.2) is 27.4 Å². The molecule has 0 aliphatic heterocycles. The van der Waals surface area contributed by atoms with Gasteiger partial charge in [-0.25, -0.2) is 17.6 Å². The highest BCUT2D eigenvalue weighted by Gasteiger charge is 2.23. The average molecular weight is 426 g/mol. The van der Waals surface area contributed by atoms with E-state index in [0.717, 1.165) is 67.9 Å². The van der Waals surface area contributed by atoms with Gasteiger partial charge in [0.05, 0.1) is 17.6 Å². The highest BCUT2D eigenvalue weighted by atomic mass is 32.2. The minimum atomic E-state index is -4.43. The molecular weight excluding hydrogens is 407 g/mol. The summed E-state index contributed by atoms with van der Waals surface area (Å²) in [7, 11) is -3.30. The van der Waals surface area contributed by atoms with Gasteiger partial charge in [0.15, 0.2) is 0 Å². The fourth-order valence-corrected chi connectivity index (χ4v) is 5.06. The van der Waals surface area contributed by atoms with Gasteiger partial charge in [0, 0.05) is 4.88 Å². The Morgan fingerprint density at radius 2 is 1.89 bits per heavy atom. The summed E-state index contributed by atoms with van der Waals surface area (Å²) >= 11 is 1.33. The topological polar surface area (TPSA) is 102 Å². The van der Waals surface area contributed by atoms with Gasteiger partial charge in [0.1, 0.15) is 10.7 Å². The number of carbonyl (C=O) groups is 2. The molecule has 0 spiro atoms. The number of amides is 1. The molecule has 7 nitrogen and oxygen atoms in total. The zero-order valence-electron chi connectivity index (χ0n) is 15.1. The van der Waals surface area contributed by atoms with Crippen LogP contribution in [0, 0.1) is 5.82 Å². The third kappa shape index (κ3) is 4.40. The summed E-state index contributed by atoms with van der Waals surface area (Å²) in [5.41, 5.74) is 3.09. The predicted octanol–water partition coefficient (Wildman–Crippen LogP) is 2.57. The molecule has 1 aromatic carbocycles. The minimum Gasteiger partial charge on any atom is -0.465 e. The molecule has 1 amide bonds. The second kappa shape index (κ2) is 8.38. The second-order valence-corrected chi connectivity index (χ2v) is 9.10. The number of sulfonamides is 1. The first-order valence-corrected chi connectivity index (χ1v) is 10.9. The monoisotopic (exact) mass is 426 g/mol. The molecule has 0 bridgehead atoms. The average Bonchev–Trinajstić information content (AvgIpc) is 2.96. The summed E-state index contributed by atoms with van der Waals surface area (Å²) in [6.07, 6.45) is 5.09. The van der Waals surface area contributed by atoms with Crippen LogP contribution >= 0.6 is 11.3 Å². The molecule has 2 N–H and O–H groups in total. The number of benzene rings is 1. The zero-order valence-corrected chi connectivity index (χ0v) is 16.7. The highest BCUT2D eigenvalue weighted by Crippen LogP contribution is 2.28. The van der Waals surface area contributed by atoms with Gasteiger partial charge in [-0.05, 0) is 55.5 Å². The molecule has 1 aliphatic carbocycles. The maximum absolute atomic E-state index is 14.0. The summed E-state index contributed by atoms with van der Waals surface area (Å²) in [6.45, 7) is 0. The summed E-state index contributed by atoms with van der Waals surface area (Å²) in [4.78, 5) is 26.5. The van der Waals surface area contributed by atoms with Crippen LogP contribution < -0.4 is 10.3 Å². The van der Waals surface area contributed by atoms with Crippen molar-refractivity contribution in [2.45, 2.75) is 37.0 Å². The number of thiophene rings is 1. The number of aryl methyl sites for hydroxylation is 2. The summed E-state index contributed by atoms with van der Waals surface area (Å²) in [5, 5.41) is 0. The highest BCUT2D eigenvalue weighted by molar-refractivity contribution is 7.89. The summed E-state index contributed by atoms with van der Waals surface area (Å²) in [5.74, 6) is -2.48. The normalized spacial score (nSPS) is 14.1. The number of carbonyl (C=O) groups excluding carboxylic acids is 2. The predicted molar refractivity (Wildman–Crippen MR) is 101 cm³/mol. The number of esters is 1. The van der Waals surface area contributed by atoms with E-state index >= 15 is 0 Å². The van der Waals surface area contributed by atoms with E-state index in [4.69, 9.17) is 0 Å². The fraction of sp³-hybridized carbons (Fsp3) is 0.333. The molecule has 2 aromatic rings. The molecular formula is C18H19FN2O5S2. The lowest BCUT2D eigenvalue weighted by Gasteiger charge is -2.09. The van der Waals surface area contributed by atoms with Crippen molar-refractivity contribution < 1.29 is 27.1 Å². The molecule has 0 unspecified atom stereocenters. The molecule has 0 radical (unpaired) electrons. The van der Waals surface area contributed by atoms with Gasteiger partial charge in [0.2, 0.25) is 0 Å². The van der Waals surface area contributed by atoms with Crippen molar-refractivity contribution in [1.29, 1.82) is 0 Å². The van der Waals surface area contributed by atoms with Crippen LogP contribution in [0.2, 0.25) is 0 Å². The van der Waals surface area contributed by atoms with Crippen molar-refractivity contribution in [3.8, 4) is 0 Å². The molecule has 1 aromatic heterocycles. The lowest BCUT2D eigenvalue weighted by Crippen LogP contribution is -2.41. The quantitative estimate of drug-likeness (QED) is 0.435. The molecule has 3 rings (SSSR count). The van der Waals surface area contributed by atoms with Gasteiger partial charge in [-0.3, -0.25) is 10.2 Å². The van der Waals surface area contributed by atoms with Crippen molar-refractivity contribution in [2.24, 2.45) is 0 Å². The molecule has 10 heteroatoms. The van der Waals surface area contributed by atoms with Gasteiger partial charge in [-0.2, -0.15) is 0 Å². The van der Waals surface area contributed by atoms with E-state index in [-0.39, 0.29) is 5.56 Å². The first-order chi connectivity index (χ1) is 13.3. The van der Waals surface area contributed by atoms with Crippen LogP contribution in [0.5, 0.6) is 0 Å². The van der Waals surface area contributed by atoms with Crippen molar-refractivity contribution in [1.82, 2.24) is 10.3 Å². The molecule has 0 atom stereocenters. The third-order valence-electron chi connectivity index (χ3n) is 4.41. The number of methoxy groups -OCH3 is 1. The van der Waals surface area contributed by atoms with Crippen LogP contribution in [0.4, 0.5) is 4.39 Å². The van der Waals surface area contributed by atoms with Gasteiger partial charge < -0.3 is 4.74 Å². The maximum Gasteiger partial charge on any atom is 0.337 e. The van der Waals surface area contributed by atoms with Gasteiger partial charge >= 0.3 is 5.97 Å². The standard InChI is InChI=1S/C18H19FN2O5S2/c1-26-18(23)12-7-8-13(19)16(10-12)28(24,25)21-20-17(22)15-9-11-5-3-2-4-6-14(11)27-15/h7-10,21H,2-6H2,1H3,(H,20,22). The SMILES string of the molecule is COC(=O)c1ccc(F)c(S(=O)(=O)NNC(=O)c2cc3c(s2)CCCCC3)c1. The lowest BCUT2D eigenvalue weighted by molar-refractivity contribution is 0.0600. The van der Waals surface area contributed by atoms with E-state index < -0.39 is 32.6 Å². The Balaban J connectivity index is 1.75. The van der Waals surface area contributed by atoms with Crippen molar-refractivity contribution in [3.05, 3.63) is 51.0 Å². The number of nitrogens with one attached hydrogen (secondary N) is 2. The Bertz CT molecular complexity index is 993. The van der Waals surface area contributed by atoms with Gasteiger partial charge in [0.25, 0.3) is 15.9 Å². The Morgan fingerprint density at radius 3 is 2.64 bits per heavy atom. The summed E-state index contributed by atoms with van der Waals surface area (Å²) < 4.78 is 43.2. The number of hydrazine groups is 1. The van der Waals surface area contributed by atoms with Gasteiger partial charge in [-0.1, -0.05) is 6.42 Å². The first-order valence-electron chi connectivity index (χ1n) is 8.63. The Morgan fingerprint density at radius 1 is 1.14 bits per heavy atom. The van der Waals surface area contributed by atoms with E-state index in [1.54, 1.807) is 6.07 Å². The molecule has 0 saturated heterocycles. The van der Waals surface area contributed by atoms with E-state index in [1.807, 2.05) is 4.83 Å². The lowest BCUT2D eigenvalue weighted by atomic mass is 10.1. The van der Waals surface area contributed by atoms with Crippen LogP contribution in [0.15, 0.2) is 29.2 Å². The molecule has 0 saturated carbocycles. The number of rotatable bonds is 5. The largest absolute Gasteiger partial charge is 0.465 e. The number of hydrogen-bond acceptors (Lipinski definition) is 6. The van der Waals surface area contributed by atoms with Crippen molar-refractivity contribution in [2.75, 3.05) is 7.11 Å².